The van der Waals surface area contributed by atoms with Gasteiger partial charge in [-0.3, -0.25) is 9.59 Å². The number of carboxylic acids is 1. The number of carbonyl (C=O) groups excluding carboxylic acids is 1. The Kier molecular flexibility index (Phi) is 5.16. The van der Waals surface area contributed by atoms with Gasteiger partial charge in [-0.1, -0.05) is 17.7 Å². The Morgan fingerprint density at radius 2 is 2.18 bits per heavy atom. The first-order valence-corrected chi connectivity index (χ1v) is 7.13. The number of aliphatic carboxylic acids is 1. The predicted molar refractivity (Wildman–Crippen MR) is 82.4 cm³/mol. The first-order valence-electron chi connectivity index (χ1n) is 6.75. The largest absolute Gasteiger partial charge is 0.481 e. The molecule has 1 amide bonds. The van der Waals surface area contributed by atoms with Gasteiger partial charge in [0.15, 0.2) is 0 Å². The first kappa shape index (κ1) is 16.0. The molecule has 0 saturated heterocycles. The topological polar surface area (TPSA) is 75.4 Å². The number of aromatic nitrogens is 2. The van der Waals surface area contributed by atoms with Gasteiger partial charge in [-0.05, 0) is 24.6 Å². The Morgan fingerprint density at radius 3 is 2.86 bits per heavy atom. The zero-order valence-electron chi connectivity index (χ0n) is 12.1. The van der Waals surface area contributed by atoms with Gasteiger partial charge < -0.3 is 10.0 Å². The number of rotatable bonds is 6. The lowest BCUT2D eigenvalue weighted by Gasteiger charge is -2.15. The molecule has 2 aromatic rings. The number of carboxylic acid groups (broad SMARTS) is 1. The van der Waals surface area contributed by atoms with Gasteiger partial charge in [-0.2, -0.15) is 5.10 Å². The van der Waals surface area contributed by atoms with E-state index in [2.05, 4.69) is 5.10 Å². The number of amides is 1. The van der Waals surface area contributed by atoms with Crippen LogP contribution >= 0.6 is 11.6 Å². The quantitative estimate of drug-likeness (QED) is 0.886. The van der Waals surface area contributed by atoms with Crippen molar-refractivity contribution in [3.05, 3.63) is 47.2 Å². The molecule has 1 aromatic heterocycles. The Hall–Kier alpha value is -2.34. The molecule has 0 aliphatic carbocycles. The second-order valence-corrected chi connectivity index (χ2v) is 5.31. The van der Waals surface area contributed by atoms with Crippen molar-refractivity contribution in [2.45, 2.75) is 12.8 Å². The molecule has 0 fully saturated rings. The van der Waals surface area contributed by atoms with E-state index in [-0.39, 0.29) is 12.3 Å². The molecule has 22 heavy (non-hydrogen) atoms. The zero-order valence-corrected chi connectivity index (χ0v) is 12.8. The van der Waals surface area contributed by atoms with Gasteiger partial charge in [0.2, 0.25) is 0 Å². The molecule has 116 valence electrons. The number of nitrogens with zero attached hydrogens (tertiary/aromatic N) is 3. The van der Waals surface area contributed by atoms with Crippen LogP contribution < -0.4 is 0 Å². The van der Waals surface area contributed by atoms with Gasteiger partial charge in [-0.15, -0.1) is 0 Å². The van der Waals surface area contributed by atoms with Crippen molar-refractivity contribution in [1.82, 2.24) is 14.7 Å². The van der Waals surface area contributed by atoms with Crippen molar-refractivity contribution in [1.29, 1.82) is 0 Å². The third-order valence-corrected chi connectivity index (χ3v) is 3.37. The molecule has 0 aliphatic heterocycles. The van der Waals surface area contributed by atoms with Gasteiger partial charge in [0.25, 0.3) is 5.91 Å². The minimum Gasteiger partial charge on any atom is -0.481 e. The highest BCUT2D eigenvalue weighted by Gasteiger charge is 2.14. The summed E-state index contributed by atoms with van der Waals surface area (Å²) in [6, 6.07) is 7.15. The Labute approximate surface area is 132 Å². The van der Waals surface area contributed by atoms with Crippen molar-refractivity contribution < 1.29 is 14.7 Å². The van der Waals surface area contributed by atoms with E-state index in [1.165, 1.54) is 11.1 Å². The van der Waals surface area contributed by atoms with Crippen LogP contribution in [0.1, 0.15) is 23.2 Å². The van der Waals surface area contributed by atoms with Crippen molar-refractivity contribution >= 4 is 23.5 Å². The highest BCUT2D eigenvalue weighted by Crippen LogP contribution is 2.15. The monoisotopic (exact) mass is 321 g/mol. The summed E-state index contributed by atoms with van der Waals surface area (Å²) in [5, 5.41) is 13.4. The predicted octanol–water partition coefficient (Wildman–Crippen LogP) is 2.46. The number of benzene rings is 1. The normalized spacial score (nSPS) is 10.5. The van der Waals surface area contributed by atoms with Crippen LogP contribution in [0.25, 0.3) is 5.69 Å². The molecule has 0 radical (unpaired) electrons. The SMILES string of the molecule is CN(CCCC(=O)O)C(=O)c1cnn(-c2cccc(Cl)c2)c1. The van der Waals surface area contributed by atoms with E-state index < -0.39 is 5.97 Å². The molecule has 1 aromatic carbocycles. The Bertz CT molecular complexity index is 684. The summed E-state index contributed by atoms with van der Waals surface area (Å²) in [5.74, 6) is -1.06. The molecule has 0 unspecified atom stereocenters. The number of carbonyl (C=O) groups is 2. The zero-order chi connectivity index (χ0) is 16.1. The summed E-state index contributed by atoms with van der Waals surface area (Å²) in [5.41, 5.74) is 1.21. The summed E-state index contributed by atoms with van der Waals surface area (Å²) < 4.78 is 1.57. The lowest BCUT2D eigenvalue weighted by molar-refractivity contribution is -0.137. The summed E-state index contributed by atoms with van der Waals surface area (Å²) in [6.45, 7) is 0.382. The van der Waals surface area contributed by atoms with Crippen molar-refractivity contribution in [3.8, 4) is 5.69 Å². The van der Waals surface area contributed by atoms with E-state index in [4.69, 9.17) is 16.7 Å². The molecule has 0 atom stereocenters. The van der Waals surface area contributed by atoms with E-state index in [0.29, 0.717) is 23.6 Å². The van der Waals surface area contributed by atoms with Gasteiger partial charge in [0.05, 0.1) is 17.4 Å². The van der Waals surface area contributed by atoms with Crippen LogP contribution in [0.4, 0.5) is 0 Å². The van der Waals surface area contributed by atoms with Crippen LogP contribution in [-0.4, -0.2) is 45.3 Å². The summed E-state index contributed by atoms with van der Waals surface area (Å²) in [6.07, 6.45) is 3.57. The van der Waals surface area contributed by atoms with Gasteiger partial charge in [0.1, 0.15) is 0 Å². The molecule has 0 spiro atoms. The van der Waals surface area contributed by atoms with Crippen LogP contribution in [0, 0.1) is 0 Å². The minimum absolute atomic E-state index is 0.0411. The van der Waals surface area contributed by atoms with Crippen molar-refractivity contribution in [2.75, 3.05) is 13.6 Å². The summed E-state index contributed by atoms with van der Waals surface area (Å²) >= 11 is 5.93. The molecule has 1 N–H and O–H groups in total. The standard InChI is InChI=1S/C15H16ClN3O3/c1-18(7-3-6-14(20)21)15(22)11-9-17-19(10-11)13-5-2-4-12(16)8-13/h2,4-5,8-10H,3,6-7H2,1H3,(H,20,21). The molecule has 0 aliphatic rings. The average molecular weight is 322 g/mol. The van der Waals surface area contributed by atoms with Gasteiger partial charge in [0, 0.05) is 31.2 Å². The van der Waals surface area contributed by atoms with Crippen LogP contribution in [0.5, 0.6) is 0 Å². The molecule has 2 rings (SSSR count). The minimum atomic E-state index is -0.866. The number of hydrogen-bond acceptors (Lipinski definition) is 3. The second-order valence-electron chi connectivity index (χ2n) is 4.88. The maximum absolute atomic E-state index is 12.2. The molecular weight excluding hydrogens is 306 g/mol. The highest BCUT2D eigenvalue weighted by molar-refractivity contribution is 6.30. The summed E-state index contributed by atoms with van der Waals surface area (Å²) in [7, 11) is 1.64. The van der Waals surface area contributed by atoms with Crippen molar-refractivity contribution in [2.24, 2.45) is 0 Å². The third-order valence-electron chi connectivity index (χ3n) is 3.13. The van der Waals surface area contributed by atoms with Crippen molar-refractivity contribution in [3.63, 3.8) is 0 Å². The van der Waals surface area contributed by atoms with Crippen LogP contribution in [0.2, 0.25) is 5.02 Å². The molecule has 0 saturated carbocycles. The van der Waals surface area contributed by atoms with Crippen LogP contribution in [0.15, 0.2) is 36.7 Å². The van der Waals surface area contributed by atoms with E-state index >= 15 is 0 Å². The van der Waals surface area contributed by atoms with Crippen LogP contribution in [0.3, 0.4) is 0 Å². The second kappa shape index (κ2) is 7.09. The average Bonchev–Trinajstić information content (AvgIpc) is 2.95. The van der Waals surface area contributed by atoms with E-state index in [1.54, 1.807) is 36.1 Å². The molecular formula is C15H16ClN3O3. The third kappa shape index (κ3) is 4.08. The molecule has 7 heteroatoms. The lowest BCUT2D eigenvalue weighted by Crippen LogP contribution is -2.27. The van der Waals surface area contributed by atoms with Gasteiger partial charge >= 0.3 is 5.97 Å². The number of hydrogen-bond donors (Lipinski definition) is 1. The van der Waals surface area contributed by atoms with E-state index in [0.717, 1.165) is 5.69 Å². The molecule has 0 bridgehead atoms. The number of halogens is 1. The fourth-order valence-corrected chi connectivity index (χ4v) is 2.17. The summed E-state index contributed by atoms with van der Waals surface area (Å²) in [4.78, 5) is 24.2. The Balaban J connectivity index is 2.04. The molecule has 6 nitrogen and oxygen atoms in total. The van der Waals surface area contributed by atoms with E-state index in [1.807, 2.05) is 6.07 Å². The fraction of sp³-hybridized carbons (Fsp3) is 0.267. The highest BCUT2D eigenvalue weighted by atomic mass is 35.5. The lowest BCUT2D eigenvalue weighted by atomic mass is 10.2. The molecule has 1 heterocycles. The maximum Gasteiger partial charge on any atom is 0.303 e. The smallest absolute Gasteiger partial charge is 0.303 e. The maximum atomic E-state index is 12.2. The van der Waals surface area contributed by atoms with Crippen LogP contribution in [-0.2, 0) is 4.79 Å². The Morgan fingerprint density at radius 1 is 1.41 bits per heavy atom. The first-order chi connectivity index (χ1) is 10.5. The fourth-order valence-electron chi connectivity index (χ4n) is 1.98. The van der Waals surface area contributed by atoms with E-state index in [9.17, 15) is 9.59 Å². The van der Waals surface area contributed by atoms with Gasteiger partial charge in [-0.25, -0.2) is 4.68 Å².